The fourth-order valence-corrected chi connectivity index (χ4v) is 4.96. The SMILES string of the molecule is CCCCN(C(=O)c1ccc(N2CCCCC2)c([N+](=O)[O-])c1)c1nc(-c2ccc(F)cc2)cs1. The van der Waals surface area contributed by atoms with Gasteiger partial charge in [-0.15, -0.1) is 11.3 Å². The zero-order chi connectivity index (χ0) is 24.1. The van der Waals surface area contributed by atoms with E-state index in [1.807, 2.05) is 17.2 Å². The number of nitro benzene ring substituents is 1. The molecule has 1 aliphatic heterocycles. The van der Waals surface area contributed by atoms with Crippen LogP contribution < -0.4 is 9.80 Å². The standard InChI is InChI=1S/C25H27FN4O3S/c1-2-3-15-29(25-27-21(17-34-25)18-7-10-20(26)11-8-18)24(31)19-9-12-22(23(16-19)30(32)33)28-13-5-4-6-14-28/h7-12,16-17H,2-6,13-15H2,1H3. The molecule has 1 saturated heterocycles. The van der Waals surface area contributed by atoms with Crippen LogP contribution in [0.5, 0.6) is 0 Å². The highest BCUT2D eigenvalue weighted by Gasteiger charge is 2.26. The Bertz CT molecular complexity index is 1160. The molecule has 4 rings (SSSR count). The van der Waals surface area contributed by atoms with Crippen molar-refractivity contribution >= 4 is 33.8 Å². The molecule has 0 aliphatic carbocycles. The largest absolute Gasteiger partial charge is 0.366 e. The molecule has 0 spiro atoms. The second kappa shape index (κ2) is 10.7. The van der Waals surface area contributed by atoms with Crippen LogP contribution in [0.3, 0.4) is 0 Å². The van der Waals surface area contributed by atoms with E-state index in [9.17, 15) is 19.3 Å². The number of thiazole rings is 1. The molecule has 3 aromatic rings. The number of carbonyl (C=O) groups is 1. The summed E-state index contributed by atoms with van der Waals surface area (Å²) in [7, 11) is 0. The number of carbonyl (C=O) groups excluding carboxylic acids is 1. The molecular formula is C25H27FN4O3S. The van der Waals surface area contributed by atoms with Crippen molar-refractivity contribution in [3.05, 3.63) is 69.3 Å². The first kappa shape index (κ1) is 23.8. The first-order chi connectivity index (χ1) is 16.5. The Morgan fingerprint density at radius 3 is 2.59 bits per heavy atom. The molecule has 2 aromatic carbocycles. The summed E-state index contributed by atoms with van der Waals surface area (Å²) in [5, 5.41) is 14.2. The summed E-state index contributed by atoms with van der Waals surface area (Å²) in [6, 6.07) is 10.8. The lowest BCUT2D eigenvalue weighted by Crippen LogP contribution is -2.32. The van der Waals surface area contributed by atoms with Crippen LogP contribution in [-0.2, 0) is 0 Å². The lowest BCUT2D eigenvalue weighted by Gasteiger charge is -2.28. The maximum absolute atomic E-state index is 13.5. The first-order valence-electron chi connectivity index (χ1n) is 11.5. The first-order valence-corrected chi connectivity index (χ1v) is 12.4. The van der Waals surface area contributed by atoms with Crippen molar-refractivity contribution < 1.29 is 14.1 Å². The number of nitro groups is 1. The van der Waals surface area contributed by atoms with Gasteiger partial charge in [-0.3, -0.25) is 19.8 Å². The third kappa shape index (κ3) is 5.25. The van der Waals surface area contributed by atoms with Gasteiger partial charge in [0.15, 0.2) is 5.13 Å². The summed E-state index contributed by atoms with van der Waals surface area (Å²) in [6.07, 6.45) is 4.78. The van der Waals surface area contributed by atoms with Gasteiger partial charge >= 0.3 is 0 Å². The van der Waals surface area contributed by atoms with Crippen molar-refractivity contribution in [2.45, 2.75) is 39.0 Å². The Labute approximate surface area is 202 Å². The third-order valence-corrected chi connectivity index (χ3v) is 6.82. The minimum absolute atomic E-state index is 0.0469. The summed E-state index contributed by atoms with van der Waals surface area (Å²) in [5.74, 6) is -0.643. The van der Waals surface area contributed by atoms with Crippen molar-refractivity contribution in [3.63, 3.8) is 0 Å². The number of piperidine rings is 1. The van der Waals surface area contributed by atoms with E-state index in [1.165, 1.54) is 29.5 Å². The molecule has 1 amide bonds. The zero-order valence-corrected chi connectivity index (χ0v) is 19.9. The highest BCUT2D eigenvalue weighted by molar-refractivity contribution is 7.14. The van der Waals surface area contributed by atoms with Gasteiger partial charge in [-0.2, -0.15) is 0 Å². The number of unbranched alkanes of at least 4 members (excludes halogenated alkanes) is 1. The van der Waals surface area contributed by atoms with Gasteiger partial charge in [-0.1, -0.05) is 13.3 Å². The number of aromatic nitrogens is 1. The maximum atomic E-state index is 13.5. The van der Waals surface area contributed by atoms with Gasteiger partial charge in [0.1, 0.15) is 11.5 Å². The highest BCUT2D eigenvalue weighted by Crippen LogP contribution is 2.33. The molecular weight excluding hydrogens is 455 g/mol. The van der Waals surface area contributed by atoms with E-state index in [2.05, 4.69) is 4.98 Å². The Hall–Kier alpha value is -3.33. The van der Waals surface area contributed by atoms with Crippen LogP contribution in [0.15, 0.2) is 47.8 Å². The number of benzene rings is 2. The molecule has 0 saturated carbocycles. The smallest absolute Gasteiger partial charge is 0.293 e. The second-order valence-corrected chi connectivity index (χ2v) is 9.18. The van der Waals surface area contributed by atoms with Crippen LogP contribution in [-0.4, -0.2) is 35.4 Å². The van der Waals surface area contributed by atoms with Crippen LogP contribution in [0, 0.1) is 15.9 Å². The average Bonchev–Trinajstić information content (AvgIpc) is 3.34. The predicted molar refractivity (Wildman–Crippen MR) is 133 cm³/mol. The number of nitrogens with zero attached hydrogens (tertiary/aromatic N) is 4. The molecule has 1 aliphatic rings. The van der Waals surface area contributed by atoms with Gasteiger partial charge in [0.2, 0.25) is 0 Å². The monoisotopic (exact) mass is 482 g/mol. The Balaban J connectivity index is 1.64. The van der Waals surface area contributed by atoms with Gasteiger partial charge < -0.3 is 4.90 Å². The van der Waals surface area contributed by atoms with Crippen LogP contribution in [0.2, 0.25) is 0 Å². The summed E-state index contributed by atoms with van der Waals surface area (Å²) in [5.41, 5.74) is 2.19. The summed E-state index contributed by atoms with van der Waals surface area (Å²) in [4.78, 5) is 33.2. The molecule has 0 bridgehead atoms. The van der Waals surface area contributed by atoms with E-state index < -0.39 is 4.92 Å². The van der Waals surface area contributed by atoms with Crippen LogP contribution >= 0.6 is 11.3 Å². The molecule has 0 atom stereocenters. The van der Waals surface area contributed by atoms with Crippen molar-refractivity contribution in [2.75, 3.05) is 29.4 Å². The molecule has 1 fully saturated rings. The Kier molecular flexibility index (Phi) is 7.52. The number of amides is 1. The summed E-state index contributed by atoms with van der Waals surface area (Å²) < 4.78 is 13.3. The van der Waals surface area contributed by atoms with Gasteiger partial charge in [-0.25, -0.2) is 9.37 Å². The zero-order valence-electron chi connectivity index (χ0n) is 19.1. The van der Waals surface area contributed by atoms with E-state index in [1.54, 1.807) is 29.2 Å². The minimum Gasteiger partial charge on any atom is -0.366 e. The number of halogens is 1. The van der Waals surface area contributed by atoms with E-state index in [0.717, 1.165) is 50.8 Å². The van der Waals surface area contributed by atoms with Crippen molar-refractivity contribution in [1.29, 1.82) is 0 Å². The second-order valence-electron chi connectivity index (χ2n) is 8.34. The number of hydrogen-bond acceptors (Lipinski definition) is 6. The van der Waals surface area contributed by atoms with Crippen molar-refractivity contribution in [3.8, 4) is 11.3 Å². The molecule has 1 aromatic heterocycles. The lowest BCUT2D eigenvalue weighted by molar-refractivity contribution is -0.384. The number of rotatable bonds is 8. The molecule has 178 valence electrons. The topological polar surface area (TPSA) is 79.6 Å². The van der Waals surface area contributed by atoms with E-state index in [0.29, 0.717) is 23.1 Å². The molecule has 34 heavy (non-hydrogen) atoms. The Morgan fingerprint density at radius 1 is 1.18 bits per heavy atom. The van der Waals surface area contributed by atoms with E-state index in [-0.39, 0.29) is 23.0 Å². The van der Waals surface area contributed by atoms with Gasteiger partial charge in [0, 0.05) is 42.2 Å². The molecule has 2 heterocycles. The maximum Gasteiger partial charge on any atom is 0.293 e. The quantitative estimate of drug-likeness (QED) is 0.278. The van der Waals surface area contributed by atoms with Gasteiger partial charge in [0.05, 0.1) is 10.6 Å². The van der Waals surface area contributed by atoms with E-state index in [4.69, 9.17) is 0 Å². The van der Waals surface area contributed by atoms with Gasteiger partial charge in [-0.05, 0) is 62.1 Å². The van der Waals surface area contributed by atoms with Crippen LogP contribution in [0.25, 0.3) is 11.3 Å². The van der Waals surface area contributed by atoms with Crippen LogP contribution in [0.1, 0.15) is 49.4 Å². The minimum atomic E-state index is -0.410. The third-order valence-electron chi connectivity index (χ3n) is 5.96. The van der Waals surface area contributed by atoms with E-state index >= 15 is 0 Å². The van der Waals surface area contributed by atoms with Gasteiger partial charge in [0.25, 0.3) is 11.6 Å². The van der Waals surface area contributed by atoms with Crippen molar-refractivity contribution in [2.24, 2.45) is 0 Å². The fourth-order valence-electron chi connectivity index (χ4n) is 4.10. The summed E-state index contributed by atoms with van der Waals surface area (Å²) in [6.45, 7) is 4.05. The normalized spacial score (nSPS) is 13.6. The number of hydrogen-bond donors (Lipinski definition) is 0. The van der Waals surface area contributed by atoms with Crippen LogP contribution in [0.4, 0.5) is 20.9 Å². The molecule has 0 radical (unpaired) electrons. The predicted octanol–water partition coefficient (Wildman–Crippen LogP) is 6.29. The summed E-state index contributed by atoms with van der Waals surface area (Å²) >= 11 is 1.32. The Morgan fingerprint density at radius 2 is 1.91 bits per heavy atom. The average molecular weight is 483 g/mol. The molecule has 0 unspecified atom stereocenters. The molecule has 0 N–H and O–H groups in total. The lowest BCUT2D eigenvalue weighted by atomic mass is 10.1. The molecule has 7 nitrogen and oxygen atoms in total. The highest BCUT2D eigenvalue weighted by atomic mass is 32.1. The molecule has 9 heteroatoms. The van der Waals surface area contributed by atoms with Crippen molar-refractivity contribution in [1.82, 2.24) is 4.98 Å². The fraction of sp³-hybridized carbons (Fsp3) is 0.360. The number of anilines is 2.